The van der Waals surface area contributed by atoms with Gasteiger partial charge in [-0.25, -0.2) is 0 Å². The van der Waals surface area contributed by atoms with Crippen molar-refractivity contribution in [3.63, 3.8) is 0 Å². The van der Waals surface area contributed by atoms with E-state index in [1.54, 1.807) is 15.8 Å². The number of rotatable bonds is 6. The first-order valence-electron chi connectivity index (χ1n) is 5.91. The second-order valence-electron chi connectivity index (χ2n) is 5.75. The lowest BCUT2D eigenvalue weighted by atomic mass is 10.3. The normalized spacial score (nSPS) is 11.8. The van der Waals surface area contributed by atoms with Crippen LogP contribution in [-0.2, 0) is 0 Å². The molecule has 0 N–H and O–H groups in total. The molecule has 0 aromatic rings. The van der Waals surface area contributed by atoms with Gasteiger partial charge in [0.25, 0.3) is 14.1 Å². The summed E-state index contributed by atoms with van der Waals surface area (Å²) in [6.07, 6.45) is 0. The molecular weight excluding hydrogens is 174 g/mol. The molecule has 0 saturated heterocycles. The summed E-state index contributed by atoms with van der Waals surface area (Å²) in [5, 5.41) is 4.66. The predicted molar refractivity (Wildman–Crippen MR) is 64.7 cm³/mol. The molecule has 0 bridgehead atoms. The zero-order valence-electron chi connectivity index (χ0n) is 10.4. The highest BCUT2D eigenvalue weighted by Crippen LogP contribution is 2.20. The lowest BCUT2D eigenvalue weighted by Gasteiger charge is -2.17. The molecule has 0 aliphatic rings. The summed E-state index contributed by atoms with van der Waals surface area (Å²) in [6, 6.07) is 0. The molecule has 0 nitrogen and oxygen atoms in total. The molecule has 0 spiro atoms. The number of hydrogen-bond donors (Lipinski definition) is 0. The Labute approximate surface area is 89.5 Å². The highest BCUT2D eigenvalue weighted by Gasteiger charge is 2.20. The first-order chi connectivity index (χ1) is 5.91. The highest BCUT2D eigenvalue weighted by atomic mass is 30.1. The minimum Gasteiger partial charge on any atom is -0.0915 e. The van der Waals surface area contributed by atoms with Gasteiger partial charge in [0.2, 0.25) is 0 Å². The van der Waals surface area contributed by atoms with Gasteiger partial charge in [-0.05, 0) is 0 Å². The van der Waals surface area contributed by atoms with E-state index in [9.17, 15) is 0 Å². The molecule has 0 heterocycles. The summed E-state index contributed by atoms with van der Waals surface area (Å²) in [7, 11) is 0. The van der Waals surface area contributed by atoms with Crippen molar-refractivity contribution in [3.05, 3.63) is 0 Å². The van der Waals surface area contributed by atoms with Gasteiger partial charge in [0, 0.05) is 0 Å². The van der Waals surface area contributed by atoms with Crippen molar-refractivity contribution in [1.82, 2.24) is 0 Å². The van der Waals surface area contributed by atoms with Crippen LogP contribution in [0.2, 0.25) is 15.8 Å². The van der Waals surface area contributed by atoms with E-state index in [-0.39, 0.29) is 0 Å². The lowest BCUT2D eigenvalue weighted by molar-refractivity contribution is 0.659. The molecule has 0 unspecified atom stereocenters. The Kier molecular flexibility index (Phi) is 7.19. The van der Waals surface area contributed by atoms with Crippen LogP contribution < -0.4 is 0 Å². The lowest BCUT2D eigenvalue weighted by Crippen LogP contribution is -2.19. The summed E-state index contributed by atoms with van der Waals surface area (Å²) in [4.78, 5) is 0. The first-order valence-corrected chi connectivity index (χ1v) is 8.36. The Morgan fingerprint density at radius 1 is 0.615 bits per heavy atom. The van der Waals surface area contributed by atoms with Crippen LogP contribution in [0.1, 0.15) is 41.5 Å². The molecule has 0 saturated carbocycles. The largest absolute Gasteiger partial charge is 0.262 e. The fraction of sp³-hybridized carbons (Fsp3) is 1.00. The third-order valence-electron chi connectivity index (χ3n) is 2.41. The van der Waals surface area contributed by atoms with Crippen molar-refractivity contribution < 1.29 is 0 Å². The maximum Gasteiger partial charge on any atom is 0.262 e. The van der Waals surface area contributed by atoms with Gasteiger partial charge in [-0.3, -0.25) is 0 Å². The average Bonchev–Trinajstić information content (AvgIpc) is 1.80. The van der Waals surface area contributed by atoms with Crippen molar-refractivity contribution in [2.24, 2.45) is 17.8 Å². The molecule has 0 aliphatic heterocycles. The third kappa shape index (κ3) is 8.85. The molecule has 0 aromatic heterocycles. The van der Waals surface area contributed by atoms with Crippen molar-refractivity contribution in [2.45, 2.75) is 57.4 Å². The van der Waals surface area contributed by atoms with Gasteiger partial charge in [0.05, 0.1) is 0 Å². The van der Waals surface area contributed by atoms with Gasteiger partial charge in [-0.1, -0.05) is 75.1 Å². The van der Waals surface area contributed by atoms with Gasteiger partial charge in [-0.2, -0.15) is 0 Å². The summed E-state index contributed by atoms with van der Waals surface area (Å²) >= 11 is -0.407. The van der Waals surface area contributed by atoms with E-state index in [0.29, 0.717) is 0 Å². The Balaban J connectivity index is 3.87. The minimum absolute atomic E-state index is 0.407. The van der Waals surface area contributed by atoms with E-state index in [1.165, 1.54) is 0 Å². The molecule has 0 radical (unpaired) electrons. The SMILES string of the molecule is CC(C)[CH2][30Al]([CH2]C(C)C)[CH2]C(C)C. The fourth-order valence-corrected chi connectivity index (χ4v) is 6.87. The molecule has 0 rings (SSSR count). The standard InChI is InChI=1S/3C4H9.Al/c3*1-4(2)3;/h3*4H,1H2,2-3H3;/i;;;1+3. The van der Waals surface area contributed by atoms with Crippen LogP contribution in [0.3, 0.4) is 0 Å². The van der Waals surface area contributed by atoms with Crippen molar-refractivity contribution >= 4 is 14.1 Å². The Morgan fingerprint density at radius 2 is 0.846 bits per heavy atom. The van der Waals surface area contributed by atoms with Crippen LogP contribution in [0, 0.1) is 17.8 Å². The van der Waals surface area contributed by atoms with Gasteiger partial charge in [-0.15, -0.1) is 0 Å². The van der Waals surface area contributed by atoms with Crippen LogP contribution in [-0.4, -0.2) is 14.1 Å². The summed E-state index contributed by atoms with van der Waals surface area (Å²) in [6.45, 7) is 14.3. The molecule has 0 fully saturated rings. The minimum atomic E-state index is -0.407. The highest BCUT2D eigenvalue weighted by molar-refractivity contribution is 6.58. The molecule has 0 aromatic carbocycles. The quantitative estimate of drug-likeness (QED) is 0.557. The fourth-order valence-electron chi connectivity index (χ4n) is 2.29. The molecular formula is C12H27Al. The molecule has 1 heteroatoms. The third-order valence-corrected chi connectivity index (χ3v) is 7.24. The maximum atomic E-state index is 2.38. The van der Waals surface area contributed by atoms with Gasteiger partial charge in [0.1, 0.15) is 0 Å². The van der Waals surface area contributed by atoms with E-state index in [4.69, 9.17) is 0 Å². The van der Waals surface area contributed by atoms with Crippen molar-refractivity contribution in [3.8, 4) is 0 Å². The first kappa shape index (κ1) is 13.5. The summed E-state index contributed by atoms with van der Waals surface area (Å²) in [5.41, 5.74) is 0. The topological polar surface area (TPSA) is 0 Å². The van der Waals surface area contributed by atoms with Crippen LogP contribution in [0.4, 0.5) is 0 Å². The molecule has 0 aliphatic carbocycles. The predicted octanol–water partition coefficient (Wildman–Crippen LogP) is 4.45. The zero-order chi connectivity index (χ0) is 10.4. The molecule has 0 atom stereocenters. The van der Waals surface area contributed by atoms with E-state index in [1.807, 2.05) is 0 Å². The van der Waals surface area contributed by atoms with E-state index < -0.39 is 14.1 Å². The molecule has 13 heavy (non-hydrogen) atoms. The van der Waals surface area contributed by atoms with Crippen LogP contribution in [0.15, 0.2) is 0 Å². The van der Waals surface area contributed by atoms with E-state index in [2.05, 4.69) is 41.5 Å². The monoisotopic (exact) mass is 201 g/mol. The second-order valence-corrected chi connectivity index (χ2v) is 8.90. The van der Waals surface area contributed by atoms with Gasteiger partial charge >= 0.3 is 0 Å². The summed E-state index contributed by atoms with van der Waals surface area (Å²) < 4.78 is 0. The van der Waals surface area contributed by atoms with E-state index in [0.717, 1.165) is 17.8 Å². The van der Waals surface area contributed by atoms with Gasteiger partial charge < -0.3 is 0 Å². The van der Waals surface area contributed by atoms with Crippen LogP contribution in [0.25, 0.3) is 0 Å². The van der Waals surface area contributed by atoms with Crippen LogP contribution in [0.5, 0.6) is 0 Å². The van der Waals surface area contributed by atoms with Crippen molar-refractivity contribution in [1.29, 1.82) is 0 Å². The van der Waals surface area contributed by atoms with Gasteiger partial charge in [0.15, 0.2) is 0 Å². The van der Waals surface area contributed by atoms with Crippen molar-refractivity contribution in [2.75, 3.05) is 0 Å². The number of hydrogen-bond acceptors (Lipinski definition) is 0. The zero-order valence-corrected chi connectivity index (χ0v) is 11.6. The Hall–Kier alpha value is 0.532. The van der Waals surface area contributed by atoms with Crippen LogP contribution >= 0.6 is 0 Å². The second kappa shape index (κ2) is 6.91. The Morgan fingerprint density at radius 3 is 1.00 bits per heavy atom. The Bertz CT molecular complexity index is 92.5. The smallest absolute Gasteiger partial charge is 0.0915 e. The summed E-state index contributed by atoms with van der Waals surface area (Å²) in [5.74, 6) is 2.78. The average molecular weight is 201 g/mol. The molecule has 78 valence electrons. The maximum absolute atomic E-state index is 2.38. The van der Waals surface area contributed by atoms with E-state index >= 15 is 0 Å². The molecule has 0 amide bonds.